The van der Waals surface area contributed by atoms with Gasteiger partial charge in [0, 0.05) is 5.41 Å². The SMILES string of the molecule is CC(C)(C)C1=[C-]C(C)(C)c2cc3c(cc21)-c1cc2c(cc1C3)C(C)(C)C=C2C(C)(C)C.[C-]1=CC=CC1.[Cl-].[Cl-].[Zr+2]=[C]1CCCCC1. The number of hydrogen-bond donors (Lipinski definition) is 0. The monoisotopic (exact) mass is 716 g/mol. The average molecular weight is 719 g/mol. The zero-order chi connectivity index (χ0) is 31.4. The summed E-state index contributed by atoms with van der Waals surface area (Å²) in [5.74, 6) is 0. The summed E-state index contributed by atoms with van der Waals surface area (Å²) >= 11 is 1.69. The van der Waals surface area contributed by atoms with Crippen LogP contribution in [0.3, 0.4) is 0 Å². The van der Waals surface area contributed by atoms with E-state index >= 15 is 0 Å². The third-order valence-corrected chi connectivity index (χ3v) is 10.9. The van der Waals surface area contributed by atoms with Crippen LogP contribution < -0.4 is 24.8 Å². The standard InChI is InChI=1S/C31H37.C6H10.C5H5.2ClH.Zr/c1-28(2,3)26-16-30(7,8)24-12-18-11-19-13-25-23(15-21(19)20(18)14-22(24)26)27(29(4,5)6)17-31(25,9)10;1-2-4-6-5-3-1;1-2-4-5-3-1;;;/h12-16H,11H2,1-10H3;1-5H2;1-3H,4H2;2*1H;/q-1;;-1;;;+2/p-2. The van der Waals surface area contributed by atoms with Gasteiger partial charge in [-0.15, -0.1) is 18.1 Å². The number of benzene rings is 2. The molecule has 0 nitrogen and oxygen atoms in total. The van der Waals surface area contributed by atoms with Gasteiger partial charge in [0.1, 0.15) is 0 Å². The van der Waals surface area contributed by atoms with E-state index in [0.717, 1.165) is 12.8 Å². The fourth-order valence-corrected chi connectivity index (χ4v) is 8.13. The predicted octanol–water partition coefficient (Wildman–Crippen LogP) is 5.49. The molecule has 0 bridgehead atoms. The molecule has 0 N–H and O–H groups in total. The van der Waals surface area contributed by atoms with E-state index in [4.69, 9.17) is 0 Å². The first-order valence-corrected chi connectivity index (χ1v) is 17.7. The van der Waals surface area contributed by atoms with Gasteiger partial charge in [-0.2, -0.15) is 11.6 Å². The Kier molecular flexibility index (Phi) is 11.9. The first-order chi connectivity index (χ1) is 20.0. The van der Waals surface area contributed by atoms with Crippen LogP contribution in [0.2, 0.25) is 0 Å². The summed E-state index contributed by atoms with van der Waals surface area (Å²) in [5.41, 5.74) is 14.9. The first-order valence-electron chi connectivity index (χ1n) is 16.5. The van der Waals surface area contributed by atoms with E-state index < -0.39 is 0 Å². The third kappa shape index (κ3) is 8.07. The van der Waals surface area contributed by atoms with Crippen molar-refractivity contribution in [3.63, 3.8) is 0 Å². The van der Waals surface area contributed by atoms with E-state index in [1.807, 2.05) is 12.2 Å². The molecule has 0 saturated heterocycles. The molecule has 1 fully saturated rings. The van der Waals surface area contributed by atoms with Gasteiger partial charge in [-0.3, -0.25) is 12.2 Å². The van der Waals surface area contributed by atoms with Crippen LogP contribution in [0.4, 0.5) is 0 Å². The molecule has 5 aliphatic rings. The van der Waals surface area contributed by atoms with Gasteiger partial charge in [0.25, 0.3) is 0 Å². The number of fused-ring (bicyclic) bond motifs is 5. The summed E-state index contributed by atoms with van der Waals surface area (Å²) in [7, 11) is 0. The second-order valence-corrected chi connectivity index (χ2v) is 18.1. The maximum absolute atomic E-state index is 3.85. The van der Waals surface area contributed by atoms with Crippen molar-refractivity contribution in [2.75, 3.05) is 0 Å². The van der Waals surface area contributed by atoms with Crippen LogP contribution >= 0.6 is 0 Å². The minimum atomic E-state index is -0.0202. The number of rotatable bonds is 0. The van der Waals surface area contributed by atoms with Crippen molar-refractivity contribution in [1.82, 2.24) is 0 Å². The van der Waals surface area contributed by atoms with Gasteiger partial charge < -0.3 is 24.8 Å². The van der Waals surface area contributed by atoms with Crippen LogP contribution in [-0.2, 0) is 41.5 Å². The second-order valence-electron chi connectivity index (χ2n) is 16.4. The van der Waals surface area contributed by atoms with E-state index in [-0.39, 0.29) is 46.5 Å². The molecular weight excluding hydrogens is 667 g/mol. The molecule has 0 aromatic heterocycles. The molecule has 2 aromatic carbocycles. The maximum atomic E-state index is 3.85. The summed E-state index contributed by atoms with van der Waals surface area (Å²) in [6, 6.07) is 10.0. The molecule has 7 rings (SSSR count). The molecule has 0 spiro atoms. The summed E-state index contributed by atoms with van der Waals surface area (Å²) in [5, 5.41) is 0. The van der Waals surface area contributed by atoms with E-state index in [9.17, 15) is 0 Å². The normalized spacial score (nSPS) is 19.3. The first kappa shape index (κ1) is 38.2. The second kappa shape index (κ2) is 14.1. The van der Waals surface area contributed by atoms with Crippen LogP contribution in [0.25, 0.3) is 22.3 Å². The van der Waals surface area contributed by atoms with Crippen molar-refractivity contribution in [3.05, 3.63) is 94.1 Å². The fraction of sp³-hybridized carbons (Fsp3) is 0.500. The molecule has 0 radical (unpaired) electrons. The number of halogens is 2. The van der Waals surface area contributed by atoms with Crippen molar-refractivity contribution in [3.8, 4) is 11.1 Å². The van der Waals surface area contributed by atoms with E-state index in [2.05, 4.69) is 118 Å². The van der Waals surface area contributed by atoms with Crippen molar-refractivity contribution in [1.29, 1.82) is 0 Å². The third-order valence-electron chi connectivity index (χ3n) is 9.63. The molecular formula is C42H52Cl2Zr-2. The zero-order valence-electron chi connectivity index (χ0n) is 29.3. The molecule has 2 aromatic rings. The van der Waals surface area contributed by atoms with Crippen molar-refractivity contribution < 1.29 is 49.0 Å². The molecule has 45 heavy (non-hydrogen) atoms. The Morgan fingerprint density at radius 2 is 1.29 bits per heavy atom. The Bertz CT molecular complexity index is 1450. The summed E-state index contributed by atoms with van der Waals surface area (Å²) < 4.78 is 1.80. The topological polar surface area (TPSA) is 0 Å². The van der Waals surface area contributed by atoms with Crippen LogP contribution in [0.5, 0.6) is 0 Å². The van der Waals surface area contributed by atoms with E-state index in [1.54, 1.807) is 27.4 Å². The fourth-order valence-electron chi connectivity index (χ4n) is 7.26. The van der Waals surface area contributed by atoms with Crippen LogP contribution in [0, 0.1) is 23.0 Å². The summed E-state index contributed by atoms with van der Waals surface area (Å²) in [6.45, 7) is 23.3. The van der Waals surface area contributed by atoms with Gasteiger partial charge in [0.15, 0.2) is 0 Å². The van der Waals surface area contributed by atoms with E-state index in [1.165, 1.54) is 87.8 Å². The van der Waals surface area contributed by atoms with Crippen LogP contribution in [0.1, 0.15) is 141 Å². The van der Waals surface area contributed by atoms with Gasteiger partial charge in [-0.1, -0.05) is 92.9 Å². The summed E-state index contributed by atoms with van der Waals surface area (Å²) in [4.78, 5) is 0. The van der Waals surface area contributed by atoms with Gasteiger partial charge >= 0.3 is 59.5 Å². The van der Waals surface area contributed by atoms with Crippen molar-refractivity contribution >= 4 is 14.4 Å². The molecule has 0 atom stereocenters. The van der Waals surface area contributed by atoms with Crippen molar-refractivity contribution in [2.24, 2.45) is 10.8 Å². The van der Waals surface area contributed by atoms with Gasteiger partial charge in [0.05, 0.1) is 0 Å². The van der Waals surface area contributed by atoms with Crippen LogP contribution in [-0.4, -0.2) is 3.21 Å². The Hall–Kier alpha value is -1.27. The average Bonchev–Trinajstić information content (AvgIpc) is 3.69. The van der Waals surface area contributed by atoms with Crippen molar-refractivity contribution in [2.45, 2.75) is 125 Å². The predicted molar refractivity (Wildman–Crippen MR) is 184 cm³/mol. The molecule has 1 saturated carbocycles. The van der Waals surface area contributed by atoms with E-state index in [0.29, 0.717) is 0 Å². The molecule has 240 valence electrons. The molecule has 0 unspecified atom stereocenters. The molecule has 0 heterocycles. The Balaban J connectivity index is 0.000000330. The summed E-state index contributed by atoms with van der Waals surface area (Å²) in [6.07, 6.45) is 24.7. The number of hydrogen-bond acceptors (Lipinski definition) is 0. The molecule has 3 heteroatoms. The van der Waals surface area contributed by atoms with Gasteiger partial charge in [-0.25, -0.2) is 17.7 Å². The molecule has 5 aliphatic carbocycles. The Labute approximate surface area is 302 Å². The molecule has 0 amide bonds. The number of allylic oxidation sites excluding steroid dienone is 8. The Morgan fingerprint density at radius 3 is 1.73 bits per heavy atom. The van der Waals surface area contributed by atoms with Crippen LogP contribution in [0.15, 0.2) is 48.6 Å². The van der Waals surface area contributed by atoms with Gasteiger partial charge in [0.2, 0.25) is 0 Å². The quantitative estimate of drug-likeness (QED) is 0.270. The zero-order valence-corrected chi connectivity index (χ0v) is 33.3. The molecule has 0 aliphatic heterocycles. The Morgan fingerprint density at radius 1 is 0.711 bits per heavy atom. The van der Waals surface area contributed by atoms with Gasteiger partial charge in [-0.05, 0) is 62.3 Å². The minimum absolute atomic E-state index is 0.